The van der Waals surface area contributed by atoms with E-state index in [0.29, 0.717) is 23.7 Å². The highest BCUT2D eigenvalue weighted by atomic mass is 15.2. The van der Waals surface area contributed by atoms with Crippen LogP contribution in [0.4, 0.5) is 0 Å². The van der Waals surface area contributed by atoms with E-state index >= 15 is 0 Å². The minimum atomic E-state index is 0.377. The molecule has 0 atom stereocenters. The van der Waals surface area contributed by atoms with Crippen LogP contribution in [0.3, 0.4) is 0 Å². The van der Waals surface area contributed by atoms with E-state index in [1.807, 2.05) is 0 Å². The molecule has 0 saturated carbocycles. The number of nitrogens with zero attached hydrogens (tertiary/aromatic N) is 4. The van der Waals surface area contributed by atoms with Crippen molar-refractivity contribution in [2.75, 3.05) is 0 Å². The molecule has 0 bridgehead atoms. The number of fused-ring (bicyclic) bond motifs is 2. The van der Waals surface area contributed by atoms with Crippen molar-refractivity contribution in [2.24, 2.45) is 14.1 Å². The van der Waals surface area contributed by atoms with E-state index in [9.17, 15) is 0 Å². The van der Waals surface area contributed by atoms with Crippen molar-refractivity contribution in [1.29, 1.82) is 0 Å². The van der Waals surface area contributed by atoms with Crippen LogP contribution in [0.1, 0.15) is 124 Å². The number of hydrogen-bond acceptors (Lipinski definition) is 0. The molecule has 4 heteroatoms. The summed E-state index contributed by atoms with van der Waals surface area (Å²) in [5, 5.41) is 0. The predicted molar refractivity (Wildman–Crippen MR) is 248 cm³/mol. The van der Waals surface area contributed by atoms with Crippen molar-refractivity contribution in [3.05, 3.63) is 166 Å². The molecule has 0 radical (unpaired) electrons. The van der Waals surface area contributed by atoms with Crippen molar-refractivity contribution < 1.29 is 9.13 Å². The van der Waals surface area contributed by atoms with Gasteiger partial charge in [-0.15, -0.1) is 0 Å². The van der Waals surface area contributed by atoms with Gasteiger partial charge in [-0.2, -0.15) is 9.13 Å². The lowest BCUT2D eigenvalue weighted by Crippen LogP contribution is -2.31. The number of benzene rings is 6. The molecule has 0 spiro atoms. The Morgan fingerprint density at radius 2 is 0.729 bits per heavy atom. The summed E-state index contributed by atoms with van der Waals surface area (Å²) >= 11 is 0. The first kappa shape index (κ1) is 40.1. The molecule has 0 aliphatic heterocycles. The molecule has 0 aliphatic rings. The summed E-state index contributed by atoms with van der Waals surface area (Å²) in [4.78, 5) is 0. The van der Waals surface area contributed by atoms with E-state index in [0.717, 1.165) is 6.42 Å². The second-order valence-electron chi connectivity index (χ2n) is 18.0. The van der Waals surface area contributed by atoms with Gasteiger partial charge >= 0.3 is 0 Å². The highest BCUT2D eigenvalue weighted by Gasteiger charge is 2.33. The van der Waals surface area contributed by atoms with Crippen molar-refractivity contribution >= 4 is 22.1 Å². The Balaban J connectivity index is 1.32. The first-order chi connectivity index (χ1) is 28.3. The lowest BCUT2D eigenvalue weighted by Gasteiger charge is -2.19. The molecule has 2 aromatic heterocycles. The van der Waals surface area contributed by atoms with Crippen molar-refractivity contribution in [2.45, 2.75) is 99.3 Å². The Bertz CT molecular complexity index is 2610. The fourth-order valence-electron chi connectivity index (χ4n) is 9.66. The molecule has 4 nitrogen and oxygen atoms in total. The van der Waals surface area contributed by atoms with Crippen LogP contribution in [0.2, 0.25) is 0 Å². The van der Waals surface area contributed by atoms with Crippen LogP contribution in [0.25, 0.3) is 56.2 Å². The van der Waals surface area contributed by atoms with Gasteiger partial charge in [0.1, 0.15) is 11.4 Å². The Morgan fingerprint density at radius 3 is 1.07 bits per heavy atom. The molecule has 300 valence electrons. The number of para-hydroxylation sites is 6. The summed E-state index contributed by atoms with van der Waals surface area (Å²) in [6.45, 7) is 23.2. The van der Waals surface area contributed by atoms with E-state index in [1.54, 1.807) is 0 Å². The standard InChI is InChI=1S/C55H62N4/c1-34(2)42-23-19-24-43(35(3)4)52(42)58-50-31-15-13-29-48(50)56(11)54(58)46-27-17-21-40(38(46)9)33-41-22-18-28-47(39(41)10)55-57(12)49-30-14-16-32-51(49)59(55)53-44(36(5)6)25-20-26-45(53)37(7)8/h13-32,34-37H,33H2,1-12H3/q+2. The highest BCUT2D eigenvalue weighted by Crippen LogP contribution is 2.40. The van der Waals surface area contributed by atoms with Gasteiger partial charge in [-0.3, -0.25) is 0 Å². The van der Waals surface area contributed by atoms with Crippen molar-refractivity contribution in [3.8, 4) is 34.2 Å². The van der Waals surface area contributed by atoms with Gasteiger partial charge in [0.25, 0.3) is 11.6 Å². The maximum absolute atomic E-state index is 2.57. The number of rotatable bonds is 10. The molecule has 0 saturated heterocycles. The molecule has 59 heavy (non-hydrogen) atoms. The summed E-state index contributed by atoms with van der Waals surface area (Å²) < 4.78 is 9.95. The van der Waals surface area contributed by atoms with E-state index in [-0.39, 0.29) is 0 Å². The zero-order valence-electron chi connectivity index (χ0n) is 37.4. The Labute approximate surface area is 352 Å². The van der Waals surface area contributed by atoms with Gasteiger partial charge in [-0.05, 0) is 103 Å². The Kier molecular flexibility index (Phi) is 10.7. The van der Waals surface area contributed by atoms with E-state index in [1.165, 1.54) is 101 Å². The average molecular weight is 779 g/mol. The summed E-state index contributed by atoms with van der Waals surface area (Å²) in [6.07, 6.45) is 0.840. The van der Waals surface area contributed by atoms with Crippen LogP contribution in [-0.4, -0.2) is 9.13 Å². The van der Waals surface area contributed by atoms with Crippen LogP contribution in [0.15, 0.2) is 121 Å². The maximum atomic E-state index is 2.57. The lowest BCUT2D eigenvalue weighted by molar-refractivity contribution is -0.634. The van der Waals surface area contributed by atoms with Crippen LogP contribution < -0.4 is 9.13 Å². The van der Waals surface area contributed by atoms with Gasteiger partial charge in [-0.1, -0.05) is 140 Å². The first-order valence-electron chi connectivity index (χ1n) is 21.7. The average Bonchev–Trinajstić information content (AvgIpc) is 3.68. The smallest absolute Gasteiger partial charge is 0.225 e. The molecule has 0 N–H and O–H groups in total. The molecule has 0 unspecified atom stereocenters. The second kappa shape index (κ2) is 15.8. The lowest BCUT2D eigenvalue weighted by atomic mass is 9.90. The minimum Gasteiger partial charge on any atom is -0.225 e. The predicted octanol–water partition coefficient (Wildman–Crippen LogP) is 13.3. The Hall–Kier alpha value is -5.74. The van der Waals surface area contributed by atoms with Crippen LogP contribution in [0.5, 0.6) is 0 Å². The number of imidazole rings is 2. The zero-order valence-corrected chi connectivity index (χ0v) is 37.4. The van der Waals surface area contributed by atoms with Crippen molar-refractivity contribution in [1.82, 2.24) is 9.13 Å². The molecule has 6 aromatic carbocycles. The van der Waals surface area contributed by atoms with Crippen LogP contribution in [-0.2, 0) is 20.5 Å². The highest BCUT2D eigenvalue weighted by molar-refractivity contribution is 5.83. The normalized spacial score (nSPS) is 12.1. The topological polar surface area (TPSA) is 17.6 Å². The summed E-state index contributed by atoms with van der Waals surface area (Å²) in [6, 6.07) is 45.5. The largest absolute Gasteiger partial charge is 0.295 e. The number of hydrogen-bond donors (Lipinski definition) is 0. The molecule has 0 aliphatic carbocycles. The summed E-state index contributed by atoms with van der Waals surface area (Å²) in [5.41, 5.74) is 20.9. The Morgan fingerprint density at radius 1 is 0.407 bits per heavy atom. The third-order valence-electron chi connectivity index (χ3n) is 12.9. The van der Waals surface area contributed by atoms with E-state index < -0.39 is 0 Å². The van der Waals surface area contributed by atoms with Gasteiger partial charge in [-0.25, -0.2) is 9.13 Å². The molecule has 0 amide bonds. The molecule has 8 rings (SSSR count). The second-order valence-corrected chi connectivity index (χ2v) is 18.0. The van der Waals surface area contributed by atoms with Gasteiger partial charge in [0, 0.05) is 22.3 Å². The van der Waals surface area contributed by atoms with Gasteiger partial charge in [0.2, 0.25) is 0 Å². The fourth-order valence-corrected chi connectivity index (χ4v) is 9.66. The van der Waals surface area contributed by atoms with E-state index in [4.69, 9.17) is 0 Å². The maximum Gasteiger partial charge on any atom is 0.295 e. The minimum absolute atomic E-state index is 0.377. The molecule has 2 heterocycles. The van der Waals surface area contributed by atoms with Crippen LogP contribution in [0, 0.1) is 13.8 Å². The first-order valence-corrected chi connectivity index (χ1v) is 21.7. The van der Waals surface area contributed by atoms with Crippen molar-refractivity contribution in [3.63, 3.8) is 0 Å². The number of aromatic nitrogens is 4. The quantitative estimate of drug-likeness (QED) is 0.123. The summed E-state index contributed by atoms with van der Waals surface area (Å²) in [7, 11) is 4.48. The van der Waals surface area contributed by atoms with Gasteiger partial charge in [0.15, 0.2) is 22.1 Å². The molecule has 8 aromatic rings. The third kappa shape index (κ3) is 6.71. The van der Waals surface area contributed by atoms with Gasteiger partial charge in [0.05, 0.1) is 25.2 Å². The van der Waals surface area contributed by atoms with Gasteiger partial charge < -0.3 is 0 Å². The number of aryl methyl sites for hydroxylation is 2. The summed E-state index contributed by atoms with van der Waals surface area (Å²) in [5.74, 6) is 3.94. The monoisotopic (exact) mass is 778 g/mol. The van der Waals surface area contributed by atoms with E-state index in [2.05, 4.69) is 223 Å². The molecular formula is C55H62N4+2. The molecule has 0 fully saturated rings. The molecular weight excluding hydrogens is 717 g/mol. The fraction of sp³-hybridized carbons (Fsp3) is 0.309. The SMILES string of the molecule is Cc1c(Cc2cccc(-c3n(-c4c(C(C)C)cccc4C(C)C)c4ccccc4[n+]3C)c2C)cccc1-c1n(-c2c(C(C)C)cccc2C(C)C)c2ccccc2[n+]1C. The third-order valence-corrected chi connectivity index (χ3v) is 12.9. The zero-order chi connectivity index (χ0) is 41.9. The van der Waals surface area contributed by atoms with Crippen LogP contribution >= 0.6 is 0 Å².